The number of nitrogens with zero attached hydrogens (tertiary/aromatic N) is 1. The van der Waals surface area contributed by atoms with Crippen molar-refractivity contribution in [1.82, 2.24) is 4.90 Å². The first-order valence-electron chi connectivity index (χ1n) is 9.74. The van der Waals surface area contributed by atoms with Crippen LogP contribution in [0.1, 0.15) is 43.5 Å². The lowest BCUT2D eigenvalue weighted by atomic mass is 9.99. The van der Waals surface area contributed by atoms with E-state index in [1.54, 1.807) is 6.07 Å². The van der Waals surface area contributed by atoms with Gasteiger partial charge in [0.2, 0.25) is 5.91 Å². The summed E-state index contributed by atoms with van der Waals surface area (Å²) in [7, 11) is 0. The van der Waals surface area contributed by atoms with Gasteiger partial charge in [-0.3, -0.25) is 9.59 Å². The normalized spacial score (nSPS) is 23.9. The van der Waals surface area contributed by atoms with Crippen LogP contribution in [-0.4, -0.2) is 54.8 Å². The largest absolute Gasteiger partial charge is 0.372 e. The van der Waals surface area contributed by atoms with Crippen LogP contribution in [0, 0.1) is 5.92 Å². The van der Waals surface area contributed by atoms with Crippen LogP contribution in [0.5, 0.6) is 0 Å². The third kappa shape index (κ3) is 3.66. The van der Waals surface area contributed by atoms with E-state index < -0.39 is 5.79 Å². The Kier molecular flexibility index (Phi) is 4.82. The van der Waals surface area contributed by atoms with Gasteiger partial charge >= 0.3 is 0 Å². The summed E-state index contributed by atoms with van der Waals surface area (Å²) in [5.41, 5.74) is 2.12. The Morgan fingerprint density at radius 2 is 1.93 bits per heavy atom. The molecular weight excluding hydrogens is 346 g/mol. The van der Waals surface area contributed by atoms with Crippen molar-refractivity contribution in [3.05, 3.63) is 23.8 Å². The SMILES string of the molecule is CC(C)CC1Nc2ccc(C(=O)N3CCC4(CC3)OCCO4)cc2NC1=O. The van der Waals surface area contributed by atoms with E-state index in [4.69, 9.17) is 9.47 Å². The van der Waals surface area contributed by atoms with Crippen molar-refractivity contribution in [2.24, 2.45) is 5.92 Å². The molecule has 3 aliphatic rings. The molecule has 2 amide bonds. The molecule has 0 bridgehead atoms. The minimum absolute atomic E-state index is 0.0239. The second-order valence-electron chi connectivity index (χ2n) is 7.98. The Morgan fingerprint density at radius 1 is 1.22 bits per heavy atom. The molecule has 1 spiro atoms. The number of benzene rings is 1. The highest BCUT2D eigenvalue weighted by Crippen LogP contribution is 2.33. The van der Waals surface area contributed by atoms with E-state index in [1.807, 2.05) is 17.0 Å². The van der Waals surface area contributed by atoms with Crippen LogP contribution in [0.2, 0.25) is 0 Å². The summed E-state index contributed by atoms with van der Waals surface area (Å²) in [5, 5.41) is 6.23. The molecule has 0 aliphatic carbocycles. The second-order valence-corrected chi connectivity index (χ2v) is 7.98. The summed E-state index contributed by atoms with van der Waals surface area (Å²) in [6.07, 6.45) is 2.16. The van der Waals surface area contributed by atoms with Crippen LogP contribution in [0.4, 0.5) is 11.4 Å². The number of fused-ring (bicyclic) bond motifs is 1. The molecule has 146 valence electrons. The average molecular weight is 373 g/mol. The van der Waals surface area contributed by atoms with Crippen LogP contribution < -0.4 is 10.6 Å². The van der Waals surface area contributed by atoms with Crippen LogP contribution in [0.3, 0.4) is 0 Å². The average Bonchev–Trinajstić information content (AvgIpc) is 3.10. The van der Waals surface area contributed by atoms with E-state index in [0.29, 0.717) is 56.3 Å². The van der Waals surface area contributed by atoms with Gasteiger partial charge in [0.25, 0.3) is 5.91 Å². The number of piperidine rings is 1. The van der Waals surface area contributed by atoms with Crippen molar-refractivity contribution >= 4 is 23.2 Å². The topological polar surface area (TPSA) is 79.9 Å². The maximum atomic E-state index is 12.9. The fraction of sp³-hybridized carbons (Fsp3) is 0.600. The quantitative estimate of drug-likeness (QED) is 0.851. The monoisotopic (exact) mass is 373 g/mol. The molecule has 7 nitrogen and oxygen atoms in total. The lowest BCUT2D eigenvalue weighted by Gasteiger charge is -2.37. The van der Waals surface area contributed by atoms with E-state index in [0.717, 1.165) is 12.1 Å². The molecule has 27 heavy (non-hydrogen) atoms. The summed E-state index contributed by atoms with van der Waals surface area (Å²) in [6.45, 7) is 6.66. The van der Waals surface area contributed by atoms with Gasteiger partial charge < -0.3 is 25.0 Å². The van der Waals surface area contributed by atoms with Gasteiger partial charge in [0.05, 0.1) is 24.6 Å². The number of nitrogens with one attached hydrogen (secondary N) is 2. The van der Waals surface area contributed by atoms with Gasteiger partial charge in [0, 0.05) is 31.5 Å². The van der Waals surface area contributed by atoms with Gasteiger partial charge in [-0.25, -0.2) is 0 Å². The van der Waals surface area contributed by atoms with Crippen molar-refractivity contribution in [3.8, 4) is 0 Å². The predicted molar refractivity (Wildman–Crippen MR) is 102 cm³/mol. The van der Waals surface area contributed by atoms with Crippen LogP contribution in [0.15, 0.2) is 18.2 Å². The van der Waals surface area contributed by atoms with E-state index in [9.17, 15) is 9.59 Å². The number of amides is 2. The van der Waals surface area contributed by atoms with Gasteiger partial charge in [-0.1, -0.05) is 13.8 Å². The number of likely N-dealkylation sites (tertiary alicyclic amines) is 1. The molecule has 4 rings (SSSR count). The van der Waals surface area contributed by atoms with Crippen molar-refractivity contribution in [2.45, 2.75) is 44.9 Å². The molecular formula is C20H27N3O4. The fourth-order valence-electron chi connectivity index (χ4n) is 4.04. The number of carbonyl (C=O) groups is 2. The first-order valence-corrected chi connectivity index (χ1v) is 9.74. The zero-order valence-corrected chi connectivity index (χ0v) is 15.9. The highest BCUT2D eigenvalue weighted by Gasteiger charge is 2.41. The first kappa shape index (κ1) is 18.3. The maximum absolute atomic E-state index is 12.9. The molecule has 1 aromatic rings. The summed E-state index contributed by atoms with van der Waals surface area (Å²) >= 11 is 0. The number of hydrogen-bond acceptors (Lipinski definition) is 5. The third-order valence-corrected chi connectivity index (χ3v) is 5.50. The molecule has 1 aromatic carbocycles. The lowest BCUT2D eigenvalue weighted by Crippen LogP contribution is -2.47. The molecule has 1 atom stereocenters. The molecule has 0 aromatic heterocycles. The van der Waals surface area contributed by atoms with Gasteiger partial charge in [0.1, 0.15) is 6.04 Å². The third-order valence-electron chi connectivity index (χ3n) is 5.50. The molecule has 2 fully saturated rings. The Balaban J connectivity index is 1.44. The number of anilines is 2. The first-order chi connectivity index (χ1) is 13.0. The van der Waals surface area contributed by atoms with Gasteiger partial charge in [0.15, 0.2) is 5.79 Å². The second kappa shape index (κ2) is 7.13. The fourth-order valence-corrected chi connectivity index (χ4v) is 4.04. The summed E-state index contributed by atoms with van der Waals surface area (Å²) in [5.74, 6) is -0.137. The Morgan fingerprint density at radius 3 is 2.59 bits per heavy atom. The van der Waals surface area contributed by atoms with Crippen molar-refractivity contribution in [3.63, 3.8) is 0 Å². The minimum Gasteiger partial charge on any atom is -0.372 e. The van der Waals surface area contributed by atoms with E-state index >= 15 is 0 Å². The molecule has 3 aliphatic heterocycles. The summed E-state index contributed by atoms with van der Waals surface area (Å²) in [4.78, 5) is 27.0. The summed E-state index contributed by atoms with van der Waals surface area (Å²) < 4.78 is 11.4. The van der Waals surface area contributed by atoms with Crippen molar-refractivity contribution in [1.29, 1.82) is 0 Å². The van der Waals surface area contributed by atoms with Gasteiger partial charge in [-0.05, 0) is 30.5 Å². The van der Waals surface area contributed by atoms with Crippen LogP contribution in [-0.2, 0) is 14.3 Å². The molecule has 7 heteroatoms. The Hall–Kier alpha value is -2.12. The van der Waals surface area contributed by atoms with Crippen molar-refractivity contribution in [2.75, 3.05) is 36.9 Å². The number of carbonyl (C=O) groups excluding carboxylic acids is 2. The summed E-state index contributed by atoms with van der Waals surface area (Å²) in [6, 6.07) is 5.24. The Bertz CT molecular complexity index is 733. The van der Waals surface area contributed by atoms with Crippen LogP contribution in [0.25, 0.3) is 0 Å². The van der Waals surface area contributed by atoms with Gasteiger partial charge in [-0.15, -0.1) is 0 Å². The van der Waals surface area contributed by atoms with E-state index in [2.05, 4.69) is 24.5 Å². The minimum atomic E-state index is -0.490. The maximum Gasteiger partial charge on any atom is 0.253 e. The predicted octanol–water partition coefficient (Wildman–Crippen LogP) is 2.44. The highest BCUT2D eigenvalue weighted by atomic mass is 16.7. The molecule has 1 unspecified atom stereocenters. The molecule has 2 N–H and O–H groups in total. The Labute approximate surface area is 159 Å². The molecule has 0 radical (unpaired) electrons. The smallest absolute Gasteiger partial charge is 0.253 e. The highest BCUT2D eigenvalue weighted by molar-refractivity contribution is 6.05. The van der Waals surface area contributed by atoms with Crippen molar-refractivity contribution < 1.29 is 19.1 Å². The number of ether oxygens (including phenoxy) is 2. The molecule has 0 saturated carbocycles. The number of hydrogen-bond donors (Lipinski definition) is 2. The lowest BCUT2D eigenvalue weighted by molar-refractivity contribution is -0.181. The molecule has 3 heterocycles. The van der Waals surface area contributed by atoms with E-state index in [1.165, 1.54) is 0 Å². The van der Waals surface area contributed by atoms with Gasteiger partial charge in [-0.2, -0.15) is 0 Å². The zero-order valence-electron chi connectivity index (χ0n) is 15.9. The molecule has 2 saturated heterocycles. The standard InChI is InChI=1S/C20H27N3O4/c1-13(2)11-17-18(24)22-16-12-14(3-4-15(16)21-17)19(25)23-7-5-20(6-8-23)26-9-10-27-20/h3-4,12-13,17,21H,5-11H2,1-2H3,(H,22,24). The van der Waals surface area contributed by atoms with E-state index in [-0.39, 0.29) is 17.9 Å². The zero-order chi connectivity index (χ0) is 19.0. The number of rotatable bonds is 3. The van der Waals surface area contributed by atoms with Crippen LogP contribution >= 0.6 is 0 Å².